The van der Waals surface area contributed by atoms with Crippen molar-refractivity contribution in [3.8, 4) is 0 Å². The van der Waals surface area contributed by atoms with Crippen LogP contribution in [0.3, 0.4) is 0 Å². The first-order valence-corrected chi connectivity index (χ1v) is 10.4. The number of aromatic nitrogens is 2. The van der Waals surface area contributed by atoms with E-state index in [1.165, 1.54) is 37.3 Å². The van der Waals surface area contributed by atoms with Crippen molar-refractivity contribution in [1.29, 1.82) is 0 Å². The Kier molecular flexibility index (Phi) is 7.14. The summed E-state index contributed by atoms with van der Waals surface area (Å²) in [6, 6.07) is 9.90. The van der Waals surface area contributed by atoms with Crippen LogP contribution in [0.4, 0.5) is 14.6 Å². The molecule has 1 heterocycles. The third kappa shape index (κ3) is 5.74. The summed E-state index contributed by atoms with van der Waals surface area (Å²) in [7, 11) is 0. The van der Waals surface area contributed by atoms with Crippen molar-refractivity contribution >= 4 is 29.2 Å². The van der Waals surface area contributed by atoms with Gasteiger partial charge in [0, 0.05) is 22.6 Å². The molecule has 174 valence electrons. The van der Waals surface area contributed by atoms with Crippen molar-refractivity contribution < 1.29 is 23.5 Å². The van der Waals surface area contributed by atoms with E-state index in [2.05, 4.69) is 20.8 Å². The standard InChI is InChI=1S/C23H23ClF2N4O3/c1-12(27-22(33)20(31)13-4-6-15(24)7-5-13)21(32)28-19-11-18(29-30-19)23(2,3)14-8-16(25)10-17(26)9-14/h4-12,20,31H,1-3H3,(H,27,33)(H2,28,29,30,32)/t12-,20-/m0/s1. The van der Waals surface area contributed by atoms with E-state index >= 15 is 0 Å². The fraction of sp³-hybridized carbons (Fsp3) is 0.261. The molecule has 0 aliphatic heterocycles. The van der Waals surface area contributed by atoms with Crippen molar-refractivity contribution in [2.24, 2.45) is 0 Å². The highest BCUT2D eigenvalue weighted by molar-refractivity contribution is 6.30. The lowest BCUT2D eigenvalue weighted by Gasteiger charge is -2.23. The van der Waals surface area contributed by atoms with Gasteiger partial charge in [-0.1, -0.05) is 37.6 Å². The lowest BCUT2D eigenvalue weighted by atomic mass is 9.81. The first-order valence-electron chi connectivity index (χ1n) is 10.0. The van der Waals surface area contributed by atoms with Gasteiger partial charge in [-0.15, -0.1) is 0 Å². The molecule has 2 atom stereocenters. The molecule has 0 radical (unpaired) electrons. The molecular formula is C23H23ClF2N4O3. The minimum atomic E-state index is -1.47. The van der Waals surface area contributed by atoms with E-state index < -0.39 is 41.0 Å². The summed E-state index contributed by atoms with van der Waals surface area (Å²) in [5, 5.41) is 22.5. The van der Waals surface area contributed by atoms with Crippen LogP contribution in [0, 0.1) is 11.6 Å². The number of carbonyl (C=O) groups is 2. The van der Waals surface area contributed by atoms with Crippen molar-refractivity contribution in [1.82, 2.24) is 15.5 Å². The number of hydrogen-bond donors (Lipinski definition) is 4. The van der Waals surface area contributed by atoms with Crippen LogP contribution < -0.4 is 10.6 Å². The van der Waals surface area contributed by atoms with Gasteiger partial charge in [0.2, 0.25) is 5.91 Å². The Bertz CT molecular complexity index is 1140. The largest absolute Gasteiger partial charge is 0.378 e. The van der Waals surface area contributed by atoms with Crippen LogP contribution in [0.5, 0.6) is 0 Å². The molecule has 1 aromatic heterocycles. The lowest BCUT2D eigenvalue weighted by molar-refractivity contribution is -0.132. The zero-order valence-electron chi connectivity index (χ0n) is 18.1. The minimum Gasteiger partial charge on any atom is -0.378 e. The van der Waals surface area contributed by atoms with Gasteiger partial charge in [0.05, 0.1) is 5.69 Å². The van der Waals surface area contributed by atoms with Gasteiger partial charge in [-0.05, 0) is 42.3 Å². The predicted octanol–water partition coefficient (Wildman–Crippen LogP) is 3.84. The molecule has 10 heteroatoms. The number of hydrogen-bond acceptors (Lipinski definition) is 4. The van der Waals surface area contributed by atoms with E-state index in [1.807, 2.05) is 0 Å². The van der Waals surface area contributed by atoms with E-state index in [0.29, 0.717) is 21.8 Å². The molecule has 3 rings (SSSR count). The molecule has 0 bridgehead atoms. The summed E-state index contributed by atoms with van der Waals surface area (Å²) < 4.78 is 27.3. The summed E-state index contributed by atoms with van der Waals surface area (Å²) >= 11 is 5.80. The van der Waals surface area contributed by atoms with Crippen LogP contribution >= 0.6 is 11.6 Å². The maximum atomic E-state index is 13.6. The average Bonchev–Trinajstić information content (AvgIpc) is 3.22. The monoisotopic (exact) mass is 476 g/mol. The number of H-pyrrole nitrogens is 1. The number of nitrogens with zero attached hydrogens (tertiary/aromatic N) is 1. The first kappa shape index (κ1) is 24.3. The summed E-state index contributed by atoms with van der Waals surface area (Å²) in [4.78, 5) is 24.8. The van der Waals surface area contributed by atoms with Crippen molar-refractivity contribution in [3.05, 3.63) is 82.0 Å². The molecule has 0 unspecified atom stereocenters. The average molecular weight is 477 g/mol. The number of nitrogens with one attached hydrogen (secondary N) is 3. The molecule has 4 N–H and O–H groups in total. The molecule has 0 aliphatic carbocycles. The summed E-state index contributed by atoms with van der Waals surface area (Å²) in [6.07, 6.45) is -1.47. The maximum absolute atomic E-state index is 13.6. The van der Waals surface area contributed by atoms with Gasteiger partial charge < -0.3 is 15.7 Å². The van der Waals surface area contributed by atoms with Crippen LogP contribution in [0.15, 0.2) is 48.5 Å². The van der Waals surface area contributed by atoms with E-state index in [-0.39, 0.29) is 5.82 Å². The number of carbonyl (C=O) groups excluding carboxylic acids is 2. The predicted molar refractivity (Wildman–Crippen MR) is 120 cm³/mol. The summed E-state index contributed by atoms with van der Waals surface area (Å²) in [6.45, 7) is 4.94. The molecule has 7 nitrogen and oxygen atoms in total. The third-order valence-electron chi connectivity index (χ3n) is 5.25. The lowest BCUT2D eigenvalue weighted by Crippen LogP contribution is -2.43. The van der Waals surface area contributed by atoms with Crippen LogP contribution in [-0.4, -0.2) is 33.2 Å². The number of aliphatic hydroxyl groups is 1. The topological polar surface area (TPSA) is 107 Å². The second kappa shape index (κ2) is 9.68. The number of halogens is 3. The molecule has 3 aromatic rings. The first-order chi connectivity index (χ1) is 15.5. The van der Waals surface area contributed by atoms with Gasteiger partial charge >= 0.3 is 0 Å². The van der Waals surface area contributed by atoms with E-state index in [4.69, 9.17) is 11.6 Å². The molecule has 0 saturated carbocycles. The molecule has 0 fully saturated rings. The molecule has 2 amide bonds. The number of rotatable bonds is 7. The quantitative estimate of drug-likeness (QED) is 0.415. The Morgan fingerprint density at radius 1 is 1.06 bits per heavy atom. The number of aliphatic hydroxyl groups excluding tert-OH is 1. The van der Waals surface area contributed by atoms with Gasteiger partial charge in [0.15, 0.2) is 6.10 Å². The highest BCUT2D eigenvalue weighted by Gasteiger charge is 2.28. The van der Waals surface area contributed by atoms with Gasteiger partial charge in [-0.25, -0.2) is 8.78 Å². The van der Waals surface area contributed by atoms with E-state index in [0.717, 1.165) is 6.07 Å². The molecule has 0 saturated heterocycles. The molecule has 0 aliphatic rings. The fourth-order valence-corrected chi connectivity index (χ4v) is 3.29. The second-order valence-electron chi connectivity index (χ2n) is 8.12. The van der Waals surface area contributed by atoms with Crippen LogP contribution in [0.25, 0.3) is 0 Å². The van der Waals surface area contributed by atoms with Crippen molar-refractivity contribution in [2.45, 2.75) is 38.3 Å². The molecule has 33 heavy (non-hydrogen) atoms. The van der Waals surface area contributed by atoms with Crippen LogP contribution in [0.2, 0.25) is 5.02 Å². The fourth-order valence-electron chi connectivity index (χ4n) is 3.16. The highest BCUT2D eigenvalue weighted by Crippen LogP contribution is 2.32. The zero-order valence-corrected chi connectivity index (χ0v) is 18.9. The molecular weight excluding hydrogens is 454 g/mol. The maximum Gasteiger partial charge on any atom is 0.254 e. The third-order valence-corrected chi connectivity index (χ3v) is 5.50. The number of benzene rings is 2. The molecule has 2 aromatic carbocycles. The van der Waals surface area contributed by atoms with E-state index in [1.54, 1.807) is 26.0 Å². The summed E-state index contributed by atoms with van der Waals surface area (Å²) in [5.74, 6) is -2.48. The van der Waals surface area contributed by atoms with Gasteiger partial charge in [-0.3, -0.25) is 14.7 Å². The van der Waals surface area contributed by atoms with Gasteiger partial charge in [-0.2, -0.15) is 5.10 Å². The minimum absolute atomic E-state index is 0.235. The second-order valence-corrected chi connectivity index (χ2v) is 8.56. The number of amides is 2. The number of aromatic amines is 1. The Morgan fingerprint density at radius 3 is 2.27 bits per heavy atom. The van der Waals surface area contributed by atoms with Crippen molar-refractivity contribution in [2.75, 3.05) is 5.32 Å². The van der Waals surface area contributed by atoms with Crippen LogP contribution in [-0.2, 0) is 15.0 Å². The Balaban J connectivity index is 1.64. The Morgan fingerprint density at radius 2 is 1.67 bits per heavy atom. The van der Waals surface area contributed by atoms with Gasteiger partial charge in [0.25, 0.3) is 5.91 Å². The zero-order chi connectivity index (χ0) is 24.3. The van der Waals surface area contributed by atoms with E-state index in [9.17, 15) is 23.5 Å². The normalized spacial score (nSPS) is 13.3. The smallest absolute Gasteiger partial charge is 0.254 e. The number of anilines is 1. The highest BCUT2D eigenvalue weighted by atomic mass is 35.5. The Labute approximate surface area is 194 Å². The van der Waals surface area contributed by atoms with Gasteiger partial charge in [0.1, 0.15) is 23.5 Å². The Hall–Kier alpha value is -3.30. The summed E-state index contributed by atoms with van der Waals surface area (Å²) in [5.41, 5.74) is 0.294. The molecule has 0 spiro atoms. The SMILES string of the molecule is C[C@H](NC(=O)[C@@H](O)c1ccc(Cl)cc1)C(=O)Nc1cc(C(C)(C)c2cc(F)cc(F)c2)n[nH]1. The van der Waals surface area contributed by atoms with Crippen molar-refractivity contribution in [3.63, 3.8) is 0 Å². The van der Waals surface area contributed by atoms with Crippen LogP contribution in [0.1, 0.15) is 43.7 Å².